The number of rotatable bonds is 5. The smallest absolute Gasteiger partial charge is 0.263 e. The predicted octanol–water partition coefficient (Wildman–Crippen LogP) is 5.05. The Balaban J connectivity index is 1.67. The summed E-state index contributed by atoms with van der Waals surface area (Å²) in [6.07, 6.45) is 5.88. The molecule has 2 aromatic carbocycles. The molecule has 2 aromatic rings. The number of nitriles is 1. The fourth-order valence-electron chi connectivity index (χ4n) is 3.27. The number of amides is 1. The lowest BCUT2D eigenvalue weighted by molar-refractivity contribution is -0.117. The van der Waals surface area contributed by atoms with Gasteiger partial charge in [0.1, 0.15) is 17.5 Å². The second-order valence-corrected chi connectivity index (χ2v) is 7.28. The van der Waals surface area contributed by atoms with E-state index in [1.54, 1.807) is 0 Å². The summed E-state index contributed by atoms with van der Waals surface area (Å²) in [5.41, 5.74) is 4.15. The lowest BCUT2D eigenvalue weighted by atomic mass is 9.89. The number of aryl methyl sites for hydroxylation is 2. The van der Waals surface area contributed by atoms with E-state index in [0.29, 0.717) is 5.69 Å². The van der Waals surface area contributed by atoms with Gasteiger partial charge in [-0.15, -0.1) is 0 Å². The quantitative estimate of drug-likeness (QED) is 0.547. The average Bonchev–Trinajstić information content (AvgIpc) is 2.70. The molecular weight excluding hydrogens is 377 g/mol. The van der Waals surface area contributed by atoms with E-state index >= 15 is 0 Å². The van der Waals surface area contributed by atoms with Crippen molar-refractivity contribution in [3.8, 4) is 6.07 Å². The average molecular weight is 398 g/mol. The molecule has 3 rings (SSSR count). The van der Waals surface area contributed by atoms with Gasteiger partial charge in [-0.2, -0.15) is 5.26 Å². The number of carbonyl (C=O) groups excluding carboxylic acids is 1. The second-order valence-electron chi connectivity index (χ2n) is 6.87. The summed E-state index contributed by atoms with van der Waals surface area (Å²) in [4.78, 5) is 12.5. The number of halogens is 2. The molecule has 28 heavy (non-hydrogen) atoms. The van der Waals surface area contributed by atoms with Gasteiger partial charge in [0.15, 0.2) is 0 Å². The van der Waals surface area contributed by atoms with Crippen LogP contribution in [0.5, 0.6) is 0 Å². The zero-order valence-corrected chi connectivity index (χ0v) is 16.3. The minimum absolute atomic E-state index is 0.0395. The molecular formula is C22H21ClFN3O. The Kier molecular flexibility index (Phi) is 6.33. The zero-order chi connectivity index (χ0) is 20.1. The molecule has 1 amide bonds. The van der Waals surface area contributed by atoms with Gasteiger partial charge < -0.3 is 10.6 Å². The van der Waals surface area contributed by atoms with Crippen LogP contribution in [0.1, 0.15) is 42.5 Å². The van der Waals surface area contributed by atoms with Gasteiger partial charge in [-0.1, -0.05) is 29.8 Å². The second kappa shape index (κ2) is 8.90. The topological polar surface area (TPSA) is 64.9 Å². The molecule has 0 spiro atoms. The standard InChI is InChI=1S/C22H21ClFN3O/c1-14(16-7-6-15-4-2-3-5-17(15)10-16)27-22(28)18(12-25)13-26-19-8-9-21(24)20(23)11-19/h6-11,13-14,26H,2-5H2,1H3,(H,27,28)/b18-13-. The third-order valence-electron chi connectivity index (χ3n) is 4.89. The first-order valence-corrected chi connectivity index (χ1v) is 9.60. The highest BCUT2D eigenvalue weighted by molar-refractivity contribution is 6.31. The van der Waals surface area contributed by atoms with Gasteiger partial charge in [0.05, 0.1) is 11.1 Å². The van der Waals surface area contributed by atoms with E-state index in [1.165, 1.54) is 48.4 Å². The highest BCUT2D eigenvalue weighted by Crippen LogP contribution is 2.25. The van der Waals surface area contributed by atoms with Gasteiger partial charge in [-0.3, -0.25) is 4.79 Å². The number of anilines is 1. The fourth-order valence-corrected chi connectivity index (χ4v) is 3.45. The van der Waals surface area contributed by atoms with Crippen LogP contribution in [0.2, 0.25) is 5.02 Å². The lowest BCUT2D eigenvalue weighted by Crippen LogP contribution is -2.28. The number of hydrogen-bond donors (Lipinski definition) is 2. The van der Waals surface area contributed by atoms with Crippen LogP contribution in [0.3, 0.4) is 0 Å². The van der Waals surface area contributed by atoms with Crippen molar-refractivity contribution < 1.29 is 9.18 Å². The molecule has 1 unspecified atom stereocenters. The maximum absolute atomic E-state index is 13.2. The first-order valence-electron chi connectivity index (χ1n) is 9.22. The molecule has 1 aliphatic carbocycles. The zero-order valence-electron chi connectivity index (χ0n) is 15.6. The summed E-state index contributed by atoms with van der Waals surface area (Å²) in [5, 5.41) is 14.9. The van der Waals surface area contributed by atoms with Crippen molar-refractivity contribution in [2.24, 2.45) is 0 Å². The summed E-state index contributed by atoms with van der Waals surface area (Å²) in [5.74, 6) is -1.01. The molecule has 144 valence electrons. The number of fused-ring (bicyclic) bond motifs is 1. The van der Waals surface area contributed by atoms with Gasteiger partial charge in [0.25, 0.3) is 5.91 Å². The molecule has 0 heterocycles. The van der Waals surface area contributed by atoms with E-state index < -0.39 is 11.7 Å². The van der Waals surface area contributed by atoms with E-state index in [9.17, 15) is 14.4 Å². The van der Waals surface area contributed by atoms with Crippen LogP contribution in [0.4, 0.5) is 10.1 Å². The summed E-state index contributed by atoms with van der Waals surface area (Å²) in [7, 11) is 0. The summed E-state index contributed by atoms with van der Waals surface area (Å²) in [6, 6.07) is 12.0. The molecule has 0 fully saturated rings. The normalized spacial score (nSPS) is 14.6. The third-order valence-corrected chi connectivity index (χ3v) is 5.18. The van der Waals surface area contributed by atoms with E-state index in [0.717, 1.165) is 18.4 Å². The molecule has 1 atom stereocenters. The first kappa shape index (κ1) is 19.9. The van der Waals surface area contributed by atoms with Gasteiger partial charge in [0, 0.05) is 11.9 Å². The van der Waals surface area contributed by atoms with Crippen LogP contribution in [0.15, 0.2) is 48.2 Å². The summed E-state index contributed by atoms with van der Waals surface area (Å²) in [6.45, 7) is 1.89. The lowest BCUT2D eigenvalue weighted by Gasteiger charge is -2.20. The maximum atomic E-state index is 13.2. The van der Waals surface area contributed by atoms with E-state index in [-0.39, 0.29) is 16.6 Å². The molecule has 0 saturated carbocycles. The molecule has 2 N–H and O–H groups in total. The van der Waals surface area contributed by atoms with Crippen molar-refractivity contribution in [3.05, 3.63) is 75.7 Å². The summed E-state index contributed by atoms with van der Waals surface area (Å²) >= 11 is 5.73. The Labute approximate surface area is 169 Å². The van der Waals surface area contributed by atoms with Gasteiger partial charge in [-0.25, -0.2) is 4.39 Å². The van der Waals surface area contributed by atoms with Crippen molar-refractivity contribution in [1.82, 2.24) is 5.32 Å². The van der Waals surface area contributed by atoms with E-state index in [2.05, 4.69) is 22.8 Å². The van der Waals surface area contributed by atoms with Crippen LogP contribution < -0.4 is 10.6 Å². The Morgan fingerprint density at radius 1 is 1.21 bits per heavy atom. The van der Waals surface area contributed by atoms with Crippen LogP contribution in [0.25, 0.3) is 0 Å². The molecule has 4 nitrogen and oxygen atoms in total. The van der Waals surface area contributed by atoms with Crippen LogP contribution in [-0.2, 0) is 17.6 Å². The van der Waals surface area contributed by atoms with Crippen molar-refractivity contribution >= 4 is 23.2 Å². The SMILES string of the molecule is CC(NC(=O)/C(C#N)=C\Nc1ccc(F)c(Cl)c1)c1ccc2c(c1)CCCC2. The molecule has 0 radical (unpaired) electrons. The Bertz CT molecular complexity index is 965. The Morgan fingerprint density at radius 3 is 2.68 bits per heavy atom. The largest absolute Gasteiger partial charge is 0.360 e. The first-order chi connectivity index (χ1) is 13.5. The molecule has 6 heteroatoms. The third kappa shape index (κ3) is 4.71. The minimum Gasteiger partial charge on any atom is -0.360 e. The predicted molar refractivity (Wildman–Crippen MR) is 108 cm³/mol. The van der Waals surface area contributed by atoms with Gasteiger partial charge in [-0.05, 0) is 67.5 Å². The number of nitrogens with one attached hydrogen (secondary N) is 2. The highest BCUT2D eigenvalue weighted by atomic mass is 35.5. The van der Waals surface area contributed by atoms with Crippen LogP contribution >= 0.6 is 11.6 Å². The highest BCUT2D eigenvalue weighted by Gasteiger charge is 2.16. The van der Waals surface area contributed by atoms with Crippen molar-refractivity contribution in [1.29, 1.82) is 5.26 Å². The number of benzene rings is 2. The maximum Gasteiger partial charge on any atom is 0.263 e. The number of nitrogens with zero attached hydrogens (tertiary/aromatic N) is 1. The van der Waals surface area contributed by atoms with Crippen molar-refractivity contribution in [3.63, 3.8) is 0 Å². The molecule has 0 saturated heterocycles. The van der Waals surface area contributed by atoms with Crippen LogP contribution in [-0.4, -0.2) is 5.91 Å². The van der Waals surface area contributed by atoms with Gasteiger partial charge in [0.2, 0.25) is 0 Å². The fraction of sp³-hybridized carbons (Fsp3) is 0.273. The summed E-state index contributed by atoms with van der Waals surface area (Å²) < 4.78 is 13.2. The van der Waals surface area contributed by atoms with Crippen molar-refractivity contribution in [2.75, 3.05) is 5.32 Å². The van der Waals surface area contributed by atoms with Gasteiger partial charge >= 0.3 is 0 Å². The minimum atomic E-state index is -0.534. The number of hydrogen-bond acceptors (Lipinski definition) is 3. The van der Waals surface area contributed by atoms with E-state index in [4.69, 9.17) is 11.6 Å². The monoisotopic (exact) mass is 397 g/mol. The molecule has 1 aliphatic rings. The molecule has 0 bridgehead atoms. The van der Waals surface area contributed by atoms with Crippen molar-refractivity contribution in [2.45, 2.75) is 38.6 Å². The molecule has 0 aliphatic heterocycles. The number of carbonyl (C=O) groups is 1. The van der Waals surface area contributed by atoms with Crippen LogP contribution in [0, 0.1) is 17.1 Å². The van der Waals surface area contributed by atoms with E-state index in [1.807, 2.05) is 19.1 Å². The molecule has 0 aromatic heterocycles. The Hall–Kier alpha value is -2.84. The Morgan fingerprint density at radius 2 is 1.96 bits per heavy atom.